The second-order valence-corrected chi connectivity index (χ2v) is 6.14. The van der Waals surface area contributed by atoms with Crippen LogP contribution in [0.15, 0.2) is 11.6 Å². The minimum Gasteiger partial charge on any atom is -0.481 e. The van der Waals surface area contributed by atoms with E-state index in [1.54, 1.807) is 20.8 Å². The molecule has 0 aromatic carbocycles. The second-order valence-electron chi connectivity index (χ2n) is 6.14. The van der Waals surface area contributed by atoms with Crippen LogP contribution in [0.25, 0.3) is 0 Å². The van der Waals surface area contributed by atoms with Gasteiger partial charge in [0.1, 0.15) is 5.60 Å². The number of carboxylic acid groups (broad SMARTS) is 1. The Balaban J connectivity index is 2.49. The predicted molar refractivity (Wildman–Crippen MR) is 74.6 cm³/mol. The van der Waals surface area contributed by atoms with Gasteiger partial charge in [0.05, 0.1) is 12.3 Å². The van der Waals surface area contributed by atoms with Gasteiger partial charge < -0.3 is 14.6 Å². The molecule has 0 aromatic rings. The summed E-state index contributed by atoms with van der Waals surface area (Å²) in [4.78, 5) is 34.1. The molecule has 1 atom stereocenters. The lowest BCUT2D eigenvalue weighted by Gasteiger charge is -2.18. The van der Waals surface area contributed by atoms with Crippen molar-refractivity contribution >= 4 is 18.1 Å². The number of aliphatic carboxylic acids is 1. The van der Waals surface area contributed by atoms with E-state index in [2.05, 4.69) is 4.74 Å². The van der Waals surface area contributed by atoms with Crippen molar-refractivity contribution in [1.29, 1.82) is 0 Å². The number of ether oxygens (including phenoxy) is 2. The van der Waals surface area contributed by atoms with Crippen LogP contribution in [-0.4, -0.2) is 28.8 Å². The molecular formula is C15H22O6. The van der Waals surface area contributed by atoms with E-state index in [4.69, 9.17) is 9.84 Å². The molecule has 0 fully saturated rings. The topological polar surface area (TPSA) is 89.9 Å². The van der Waals surface area contributed by atoms with Gasteiger partial charge in [-0.05, 0) is 46.5 Å². The van der Waals surface area contributed by atoms with Crippen molar-refractivity contribution in [2.75, 3.05) is 0 Å². The summed E-state index contributed by atoms with van der Waals surface area (Å²) in [6.45, 7) is 4.93. The molecule has 0 heterocycles. The standard InChI is InChI=1S/C15H22O6/c1-15(2,3)21-14(19)20-12(16)9-11(13(17)18)8-10-6-4-5-7-10/h6,11H,4-5,7-9H2,1-3H3,(H,17,18)/t11-/m1/s1. The van der Waals surface area contributed by atoms with Gasteiger partial charge in [-0.2, -0.15) is 0 Å². The molecule has 6 nitrogen and oxygen atoms in total. The molecule has 0 bridgehead atoms. The van der Waals surface area contributed by atoms with Crippen molar-refractivity contribution in [2.24, 2.45) is 5.92 Å². The van der Waals surface area contributed by atoms with E-state index in [-0.39, 0.29) is 6.42 Å². The number of esters is 1. The molecule has 21 heavy (non-hydrogen) atoms. The van der Waals surface area contributed by atoms with E-state index in [9.17, 15) is 14.4 Å². The first-order chi connectivity index (χ1) is 9.67. The summed E-state index contributed by atoms with van der Waals surface area (Å²) in [5.74, 6) is -2.82. The maximum atomic E-state index is 11.6. The van der Waals surface area contributed by atoms with E-state index in [1.165, 1.54) is 0 Å². The number of carbonyl (C=O) groups excluding carboxylic acids is 2. The molecule has 1 N–H and O–H groups in total. The molecule has 0 radical (unpaired) electrons. The fourth-order valence-corrected chi connectivity index (χ4v) is 2.09. The van der Waals surface area contributed by atoms with Crippen LogP contribution in [0.5, 0.6) is 0 Å². The van der Waals surface area contributed by atoms with E-state index in [1.807, 2.05) is 6.08 Å². The molecule has 0 aliphatic heterocycles. The molecule has 1 rings (SSSR count). The Morgan fingerprint density at radius 1 is 1.33 bits per heavy atom. The molecular weight excluding hydrogens is 276 g/mol. The Morgan fingerprint density at radius 3 is 2.48 bits per heavy atom. The number of carbonyl (C=O) groups is 3. The summed E-state index contributed by atoms with van der Waals surface area (Å²) in [6.07, 6.45) is 3.72. The molecule has 1 aliphatic rings. The fourth-order valence-electron chi connectivity index (χ4n) is 2.09. The van der Waals surface area contributed by atoms with E-state index in [0.29, 0.717) is 6.42 Å². The van der Waals surface area contributed by atoms with Crippen LogP contribution in [0.1, 0.15) is 52.9 Å². The summed E-state index contributed by atoms with van der Waals surface area (Å²) < 4.78 is 9.33. The van der Waals surface area contributed by atoms with Gasteiger partial charge >= 0.3 is 18.1 Å². The lowest BCUT2D eigenvalue weighted by atomic mass is 9.96. The van der Waals surface area contributed by atoms with Gasteiger partial charge in [-0.3, -0.25) is 9.59 Å². The SMILES string of the molecule is CC(C)(C)OC(=O)OC(=O)C[C@@H](CC1=CCCC1)C(=O)O. The van der Waals surface area contributed by atoms with Crippen molar-refractivity contribution in [2.45, 2.75) is 58.5 Å². The monoisotopic (exact) mass is 298 g/mol. The third-order valence-corrected chi connectivity index (χ3v) is 2.99. The zero-order valence-corrected chi connectivity index (χ0v) is 12.7. The predicted octanol–water partition coefficient (Wildman–Crippen LogP) is 3.06. The number of allylic oxidation sites excluding steroid dienone is 2. The quantitative estimate of drug-likeness (QED) is 0.476. The Hall–Kier alpha value is -1.85. The van der Waals surface area contributed by atoms with Crippen molar-refractivity contribution in [1.82, 2.24) is 0 Å². The van der Waals surface area contributed by atoms with Crippen molar-refractivity contribution in [3.8, 4) is 0 Å². The zero-order valence-electron chi connectivity index (χ0n) is 12.7. The van der Waals surface area contributed by atoms with Gasteiger partial charge in [-0.25, -0.2) is 4.79 Å². The van der Waals surface area contributed by atoms with Crippen LogP contribution in [-0.2, 0) is 19.1 Å². The molecule has 0 unspecified atom stereocenters. The van der Waals surface area contributed by atoms with Crippen LogP contribution >= 0.6 is 0 Å². The molecule has 0 amide bonds. The van der Waals surface area contributed by atoms with Crippen LogP contribution in [0.4, 0.5) is 4.79 Å². The third-order valence-electron chi connectivity index (χ3n) is 2.99. The minimum atomic E-state index is -1.10. The third kappa shape index (κ3) is 6.92. The first kappa shape index (κ1) is 17.2. The smallest absolute Gasteiger partial charge is 0.481 e. The summed E-state index contributed by atoms with van der Waals surface area (Å²) in [5, 5.41) is 9.15. The molecule has 0 saturated heterocycles. The summed E-state index contributed by atoms with van der Waals surface area (Å²) in [6, 6.07) is 0. The van der Waals surface area contributed by atoms with Gasteiger partial charge in [0.25, 0.3) is 0 Å². The maximum Gasteiger partial charge on any atom is 0.516 e. The number of rotatable bonds is 5. The van der Waals surface area contributed by atoms with Gasteiger partial charge in [-0.1, -0.05) is 11.6 Å². The summed E-state index contributed by atoms with van der Waals surface area (Å²) >= 11 is 0. The highest BCUT2D eigenvalue weighted by atomic mass is 16.7. The van der Waals surface area contributed by atoms with E-state index >= 15 is 0 Å². The number of hydrogen-bond donors (Lipinski definition) is 1. The van der Waals surface area contributed by atoms with Crippen LogP contribution in [0.3, 0.4) is 0 Å². The molecule has 6 heteroatoms. The molecule has 118 valence electrons. The first-order valence-electron chi connectivity index (χ1n) is 7.02. The molecule has 0 aromatic heterocycles. The highest BCUT2D eigenvalue weighted by molar-refractivity contribution is 5.85. The Morgan fingerprint density at radius 2 is 2.00 bits per heavy atom. The van der Waals surface area contributed by atoms with Crippen molar-refractivity contribution in [3.05, 3.63) is 11.6 Å². The average molecular weight is 298 g/mol. The lowest BCUT2D eigenvalue weighted by molar-refractivity contribution is -0.150. The highest BCUT2D eigenvalue weighted by Crippen LogP contribution is 2.26. The van der Waals surface area contributed by atoms with Gasteiger partial charge in [0, 0.05) is 0 Å². The molecule has 0 spiro atoms. The highest BCUT2D eigenvalue weighted by Gasteiger charge is 2.27. The normalized spacial score (nSPS) is 16.0. The minimum absolute atomic E-state index is 0.318. The van der Waals surface area contributed by atoms with Crippen LogP contribution in [0.2, 0.25) is 0 Å². The Labute approximate surface area is 124 Å². The second kappa shape index (κ2) is 7.24. The largest absolute Gasteiger partial charge is 0.516 e. The first-order valence-corrected chi connectivity index (χ1v) is 7.02. The van der Waals surface area contributed by atoms with E-state index < -0.39 is 29.6 Å². The summed E-state index contributed by atoms with van der Waals surface area (Å²) in [7, 11) is 0. The Bertz CT molecular complexity index is 444. The van der Waals surface area contributed by atoms with E-state index in [0.717, 1.165) is 24.8 Å². The van der Waals surface area contributed by atoms with Gasteiger partial charge in [0.2, 0.25) is 0 Å². The van der Waals surface area contributed by atoms with Gasteiger partial charge in [0.15, 0.2) is 0 Å². The number of hydrogen-bond acceptors (Lipinski definition) is 5. The lowest BCUT2D eigenvalue weighted by Crippen LogP contribution is -2.27. The average Bonchev–Trinajstić information content (AvgIpc) is 2.77. The van der Waals surface area contributed by atoms with Gasteiger partial charge in [-0.15, -0.1) is 0 Å². The zero-order chi connectivity index (χ0) is 16.0. The van der Waals surface area contributed by atoms with Crippen molar-refractivity contribution < 1.29 is 29.0 Å². The molecule has 1 aliphatic carbocycles. The molecule has 0 saturated carbocycles. The summed E-state index contributed by atoms with van der Waals surface area (Å²) in [5.41, 5.74) is 0.283. The Kier molecular flexibility index (Phi) is 5.93. The fraction of sp³-hybridized carbons (Fsp3) is 0.667. The van der Waals surface area contributed by atoms with Crippen LogP contribution < -0.4 is 0 Å². The van der Waals surface area contributed by atoms with Crippen LogP contribution in [0, 0.1) is 5.92 Å². The maximum absolute atomic E-state index is 11.6. The van der Waals surface area contributed by atoms with Crippen molar-refractivity contribution in [3.63, 3.8) is 0 Å². The number of carboxylic acids is 1.